The van der Waals surface area contributed by atoms with Crippen molar-refractivity contribution in [1.29, 1.82) is 0 Å². The predicted molar refractivity (Wildman–Crippen MR) is 124 cm³/mol. The van der Waals surface area contributed by atoms with Crippen molar-refractivity contribution in [2.24, 2.45) is 5.41 Å². The summed E-state index contributed by atoms with van der Waals surface area (Å²) in [7, 11) is 1.61. The average Bonchev–Trinajstić information content (AvgIpc) is 3.11. The van der Waals surface area contributed by atoms with Gasteiger partial charge in [0.15, 0.2) is 0 Å². The van der Waals surface area contributed by atoms with Crippen LogP contribution in [0, 0.1) is 5.41 Å². The number of ether oxygens (including phenoxy) is 1. The van der Waals surface area contributed by atoms with Gasteiger partial charge in [0.05, 0.1) is 24.8 Å². The summed E-state index contributed by atoms with van der Waals surface area (Å²) in [5.74, 6) is 0.767. The molecule has 2 amide bonds. The first-order valence-corrected chi connectivity index (χ1v) is 11.7. The largest absolute Gasteiger partial charge is 0.496 e. The molecule has 3 aliphatic rings. The van der Waals surface area contributed by atoms with Crippen molar-refractivity contribution in [3.63, 3.8) is 0 Å². The van der Waals surface area contributed by atoms with Gasteiger partial charge in [0.1, 0.15) is 5.75 Å². The minimum absolute atomic E-state index is 0.000804. The van der Waals surface area contributed by atoms with E-state index < -0.39 is 0 Å². The Balaban J connectivity index is 1.60. The van der Waals surface area contributed by atoms with Crippen LogP contribution in [0.15, 0.2) is 54.6 Å². The highest BCUT2D eigenvalue weighted by atomic mass is 16.5. The van der Waals surface area contributed by atoms with Crippen LogP contribution in [-0.2, 0) is 11.2 Å². The van der Waals surface area contributed by atoms with E-state index >= 15 is 0 Å². The number of hydrogen-bond donors (Lipinski definition) is 0. The molecule has 5 heteroatoms. The van der Waals surface area contributed by atoms with Crippen molar-refractivity contribution >= 4 is 11.8 Å². The fourth-order valence-corrected chi connectivity index (χ4v) is 6.89. The van der Waals surface area contributed by atoms with Crippen molar-refractivity contribution in [1.82, 2.24) is 9.80 Å². The molecule has 2 bridgehead atoms. The minimum atomic E-state index is -0.0700. The fraction of sp³-hybridized carbons (Fsp3) is 0.481. The van der Waals surface area contributed by atoms with Crippen molar-refractivity contribution in [3.8, 4) is 5.75 Å². The Hall–Kier alpha value is -2.82. The summed E-state index contributed by atoms with van der Waals surface area (Å²) in [6.07, 6.45) is 4.76. The first-order valence-electron chi connectivity index (χ1n) is 11.7. The number of para-hydroxylation sites is 1. The first-order chi connectivity index (χ1) is 15.5. The molecule has 1 saturated carbocycles. The molecule has 0 aromatic heterocycles. The SMILES string of the molecule is COc1ccccc1C(=O)N1[C@H]2CCC[C@H]3N(C(C)=O)[C@H](Cc4ccccc4)[C@@H]1C[C@@]23C. The second kappa shape index (κ2) is 7.95. The number of methoxy groups -OCH3 is 1. The van der Waals surface area contributed by atoms with E-state index in [0.29, 0.717) is 11.3 Å². The molecule has 0 radical (unpaired) electrons. The van der Waals surface area contributed by atoms with Gasteiger partial charge in [-0.25, -0.2) is 0 Å². The van der Waals surface area contributed by atoms with Crippen LogP contribution in [0.4, 0.5) is 0 Å². The third kappa shape index (κ3) is 3.13. The lowest BCUT2D eigenvalue weighted by molar-refractivity contribution is -0.142. The van der Waals surface area contributed by atoms with Crippen molar-refractivity contribution in [3.05, 3.63) is 65.7 Å². The maximum absolute atomic E-state index is 14.0. The highest BCUT2D eigenvalue weighted by molar-refractivity contribution is 5.98. The van der Waals surface area contributed by atoms with Gasteiger partial charge in [0.25, 0.3) is 5.91 Å². The van der Waals surface area contributed by atoms with Crippen LogP contribution in [0.2, 0.25) is 0 Å². The molecule has 5 nitrogen and oxygen atoms in total. The van der Waals surface area contributed by atoms with Crippen LogP contribution in [0.25, 0.3) is 0 Å². The van der Waals surface area contributed by atoms with Gasteiger partial charge < -0.3 is 14.5 Å². The zero-order valence-electron chi connectivity index (χ0n) is 19.2. The van der Waals surface area contributed by atoms with Crippen molar-refractivity contribution in [2.75, 3.05) is 7.11 Å². The van der Waals surface area contributed by atoms with E-state index in [4.69, 9.17) is 4.74 Å². The topological polar surface area (TPSA) is 49.9 Å². The molecular formula is C27H32N2O3. The summed E-state index contributed by atoms with van der Waals surface area (Å²) in [6, 6.07) is 18.2. The van der Waals surface area contributed by atoms with Gasteiger partial charge in [-0.3, -0.25) is 9.59 Å². The quantitative estimate of drug-likeness (QED) is 0.723. The van der Waals surface area contributed by atoms with Crippen LogP contribution in [0.3, 0.4) is 0 Å². The summed E-state index contributed by atoms with van der Waals surface area (Å²) in [4.78, 5) is 31.3. The van der Waals surface area contributed by atoms with Crippen LogP contribution < -0.4 is 4.74 Å². The number of benzene rings is 2. The molecule has 2 aromatic carbocycles. The summed E-state index contributed by atoms with van der Waals surface area (Å²) < 4.78 is 5.54. The number of nitrogens with zero attached hydrogens (tertiary/aromatic N) is 2. The molecule has 2 heterocycles. The summed E-state index contributed by atoms with van der Waals surface area (Å²) >= 11 is 0. The van der Waals surface area contributed by atoms with E-state index in [1.54, 1.807) is 14.0 Å². The summed E-state index contributed by atoms with van der Waals surface area (Å²) in [6.45, 7) is 4.00. The predicted octanol–water partition coefficient (Wildman–Crippen LogP) is 4.31. The van der Waals surface area contributed by atoms with Gasteiger partial charge in [-0.1, -0.05) is 49.4 Å². The Morgan fingerprint density at radius 2 is 1.66 bits per heavy atom. The lowest BCUT2D eigenvalue weighted by Gasteiger charge is -2.52. The van der Waals surface area contributed by atoms with E-state index in [1.807, 2.05) is 42.5 Å². The molecular weight excluding hydrogens is 400 g/mol. The number of fused-ring (bicyclic) bond motifs is 1. The molecule has 168 valence electrons. The molecule has 3 fully saturated rings. The van der Waals surface area contributed by atoms with Crippen LogP contribution in [-0.4, -0.2) is 52.9 Å². The van der Waals surface area contributed by atoms with Gasteiger partial charge in [0, 0.05) is 24.4 Å². The molecule has 0 N–H and O–H groups in total. The normalized spacial score (nSPS) is 30.8. The third-order valence-corrected chi connectivity index (χ3v) is 8.18. The highest BCUT2D eigenvalue weighted by Gasteiger charge is 2.64. The standard InChI is InChI=1S/C27H32N2O3/c1-18(30)28-21(16-19-10-5-4-6-11-19)22-17-27(2)24(28)14-9-15-25(27)29(22)26(31)20-12-7-8-13-23(20)32-3/h4-8,10-13,21-22,24-25H,9,14-17H2,1-3H3/t21-,22+,24-,25+,27-/m1/s1. The first kappa shape index (κ1) is 21.0. The molecule has 32 heavy (non-hydrogen) atoms. The Morgan fingerprint density at radius 3 is 2.34 bits per heavy atom. The lowest BCUT2D eigenvalue weighted by atomic mass is 9.64. The smallest absolute Gasteiger partial charge is 0.258 e. The zero-order chi connectivity index (χ0) is 22.5. The lowest BCUT2D eigenvalue weighted by Crippen LogP contribution is -2.62. The van der Waals surface area contributed by atoms with E-state index in [0.717, 1.165) is 32.1 Å². The number of amides is 2. The maximum Gasteiger partial charge on any atom is 0.258 e. The van der Waals surface area contributed by atoms with Gasteiger partial charge in [0.2, 0.25) is 5.91 Å². The average molecular weight is 433 g/mol. The third-order valence-electron chi connectivity index (χ3n) is 8.18. The minimum Gasteiger partial charge on any atom is -0.496 e. The number of carbonyl (C=O) groups is 2. The molecule has 2 saturated heterocycles. The zero-order valence-corrected chi connectivity index (χ0v) is 19.2. The van der Waals surface area contributed by atoms with Crippen LogP contribution in [0.1, 0.15) is 55.5 Å². The van der Waals surface area contributed by atoms with Crippen molar-refractivity contribution in [2.45, 2.75) is 70.1 Å². The Bertz CT molecular complexity index is 1020. The second-order valence-corrected chi connectivity index (χ2v) is 9.84. The molecule has 5 rings (SSSR count). The number of likely N-dealkylation sites (tertiary alicyclic amines) is 2. The van der Waals surface area contributed by atoms with E-state index in [9.17, 15) is 9.59 Å². The monoisotopic (exact) mass is 432 g/mol. The summed E-state index contributed by atoms with van der Waals surface area (Å²) in [5.41, 5.74) is 1.75. The van der Waals surface area contributed by atoms with Crippen LogP contribution >= 0.6 is 0 Å². The van der Waals surface area contributed by atoms with E-state index in [2.05, 4.69) is 28.9 Å². The summed E-state index contributed by atoms with van der Waals surface area (Å²) in [5, 5.41) is 0. The van der Waals surface area contributed by atoms with Crippen LogP contribution in [0.5, 0.6) is 5.75 Å². The molecule has 2 aliphatic heterocycles. The van der Waals surface area contributed by atoms with Crippen molar-refractivity contribution < 1.29 is 14.3 Å². The van der Waals surface area contributed by atoms with E-state index in [1.165, 1.54) is 5.56 Å². The molecule has 0 unspecified atom stereocenters. The molecule has 0 spiro atoms. The molecule has 2 aromatic rings. The highest BCUT2D eigenvalue weighted by Crippen LogP contribution is 2.57. The number of rotatable bonds is 4. The Kier molecular flexibility index (Phi) is 5.23. The van der Waals surface area contributed by atoms with Gasteiger partial charge in [-0.2, -0.15) is 0 Å². The Morgan fingerprint density at radius 1 is 1.00 bits per heavy atom. The van der Waals surface area contributed by atoms with E-state index in [-0.39, 0.29) is 41.4 Å². The Labute approximate surface area is 190 Å². The fourth-order valence-electron chi connectivity index (χ4n) is 6.89. The maximum atomic E-state index is 14.0. The number of hydrogen-bond acceptors (Lipinski definition) is 3. The molecule has 1 aliphatic carbocycles. The van der Waals surface area contributed by atoms with Gasteiger partial charge in [-0.15, -0.1) is 0 Å². The van der Waals surface area contributed by atoms with Gasteiger partial charge in [-0.05, 0) is 49.8 Å². The molecule has 5 atom stereocenters. The number of carbonyl (C=O) groups excluding carboxylic acids is 2. The van der Waals surface area contributed by atoms with Gasteiger partial charge >= 0.3 is 0 Å². The number of piperidine rings is 1. The second-order valence-electron chi connectivity index (χ2n) is 9.84.